The molecular formula is C87H155N4O11+. The van der Waals surface area contributed by atoms with Crippen molar-refractivity contribution in [1.82, 2.24) is 21.3 Å². The first-order chi connectivity index (χ1) is 49.3. The largest absolute Gasteiger partial charge is 1.00 e. The van der Waals surface area contributed by atoms with Gasteiger partial charge in [-0.15, -0.1) is 0 Å². The molecule has 0 fully saturated rings. The lowest BCUT2D eigenvalue weighted by Gasteiger charge is -1.90. The van der Waals surface area contributed by atoms with Crippen molar-refractivity contribution in [3.63, 3.8) is 0 Å². The van der Waals surface area contributed by atoms with Crippen LogP contribution in [0, 0.1) is 0 Å². The number of nitrogens with one attached hydrogen (secondary N) is 4. The van der Waals surface area contributed by atoms with E-state index in [0.29, 0.717) is 54.1 Å². The minimum absolute atomic E-state index is 0. The SMILES string of the molecule is C=CC(=O)NCC.C=CC(=O)NCC.C=CC(=O)NCC.C=CC(=O)NCO.CC.CC.CC.CC.CC.CC.CCCCC.CCCCC.CCCCC.CCCCC.Oc1ccccc1.Oc1ccccc1.Oc1ccccc1.Oc1ccccc1.Oc1ccccc1.Oc1ccccc1.[H+]. The van der Waals surface area contributed by atoms with Crippen molar-refractivity contribution in [2.75, 3.05) is 26.4 Å². The van der Waals surface area contributed by atoms with E-state index in [9.17, 15) is 19.2 Å². The number of para-hydroxylation sites is 6. The van der Waals surface area contributed by atoms with Crippen LogP contribution >= 0.6 is 0 Å². The Balaban J connectivity index is -0.0000000616. The number of hydrogen-bond acceptors (Lipinski definition) is 11. The van der Waals surface area contributed by atoms with E-state index in [0.717, 1.165) is 6.08 Å². The summed E-state index contributed by atoms with van der Waals surface area (Å²) in [6.45, 7) is 61.9. The number of carbonyl (C=O) groups is 4. The third-order valence-electron chi connectivity index (χ3n) is 9.41. The van der Waals surface area contributed by atoms with Gasteiger partial charge in [0.25, 0.3) is 0 Å². The van der Waals surface area contributed by atoms with Gasteiger partial charge in [-0.1, -0.05) is 351 Å². The number of unbranched alkanes of at least 4 members (excludes halogenated alkanes) is 8. The first-order valence-corrected chi connectivity index (χ1v) is 36.9. The van der Waals surface area contributed by atoms with Gasteiger partial charge in [0.1, 0.15) is 41.2 Å². The van der Waals surface area contributed by atoms with E-state index in [1.807, 2.05) is 140 Å². The summed E-state index contributed by atoms with van der Waals surface area (Å²) in [7, 11) is 0. The summed E-state index contributed by atoms with van der Waals surface area (Å²) in [5.74, 6) is 1.25. The highest BCUT2D eigenvalue weighted by molar-refractivity contribution is 5.87. The van der Waals surface area contributed by atoms with Crippen LogP contribution in [0.15, 0.2) is 233 Å². The first-order valence-electron chi connectivity index (χ1n) is 36.9. The molecule has 0 bridgehead atoms. The van der Waals surface area contributed by atoms with Crippen LogP contribution in [0.2, 0.25) is 0 Å². The highest BCUT2D eigenvalue weighted by atomic mass is 16.3. The van der Waals surface area contributed by atoms with Crippen molar-refractivity contribution in [2.24, 2.45) is 0 Å². The Kier molecular flexibility index (Phi) is 167. The quantitative estimate of drug-likeness (QED) is 0.0321. The molecule has 0 radical (unpaired) electrons. The normalized spacial score (nSPS) is 7.61. The lowest BCUT2D eigenvalue weighted by atomic mass is 10.3. The maximum Gasteiger partial charge on any atom is 1.00 e. The highest BCUT2D eigenvalue weighted by Crippen LogP contribution is 2.06. The van der Waals surface area contributed by atoms with E-state index < -0.39 is 0 Å². The Labute approximate surface area is 628 Å². The Morgan fingerprint density at radius 2 is 0.382 bits per heavy atom. The number of phenols is 6. The van der Waals surface area contributed by atoms with Crippen molar-refractivity contribution in [3.8, 4) is 34.5 Å². The van der Waals surface area contributed by atoms with Crippen molar-refractivity contribution in [3.05, 3.63) is 233 Å². The highest BCUT2D eigenvalue weighted by Gasteiger charge is 1.87. The Hall–Kier alpha value is -9.08. The number of carbonyl (C=O) groups excluding carboxylic acids is 4. The van der Waals surface area contributed by atoms with Crippen LogP contribution in [0.4, 0.5) is 0 Å². The second-order valence-electron chi connectivity index (χ2n) is 17.6. The molecule has 588 valence electrons. The molecule has 102 heavy (non-hydrogen) atoms. The Morgan fingerprint density at radius 3 is 0.422 bits per heavy atom. The molecule has 6 aromatic rings. The lowest BCUT2D eigenvalue weighted by Crippen LogP contribution is -2.20. The molecule has 6 rings (SSSR count). The number of aliphatic hydroxyl groups is 1. The molecule has 0 aromatic heterocycles. The van der Waals surface area contributed by atoms with Gasteiger partial charge in [0.2, 0.25) is 23.6 Å². The Bertz CT molecular complexity index is 1970. The van der Waals surface area contributed by atoms with Gasteiger partial charge in [0.05, 0.1) is 0 Å². The monoisotopic (exact) mass is 1430 g/mol. The van der Waals surface area contributed by atoms with Crippen LogP contribution in [0.5, 0.6) is 34.5 Å². The fraction of sp³-hybridized carbons (Fsp3) is 0.448. The summed E-state index contributed by atoms with van der Waals surface area (Å²) in [5, 5.41) is 69.5. The molecule has 0 unspecified atom stereocenters. The van der Waals surface area contributed by atoms with Crippen molar-refractivity contribution in [2.45, 2.75) is 236 Å². The lowest BCUT2D eigenvalue weighted by molar-refractivity contribution is -0.118. The van der Waals surface area contributed by atoms with E-state index >= 15 is 0 Å². The van der Waals surface area contributed by atoms with E-state index in [-0.39, 0.29) is 31.8 Å². The summed E-state index contributed by atoms with van der Waals surface area (Å²) in [4.78, 5) is 40.6. The number of aromatic hydroxyl groups is 6. The molecular weight excluding hydrogens is 1280 g/mol. The van der Waals surface area contributed by atoms with E-state index in [1.165, 1.54) is 95.3 Å². The third kappa shape index (κ3) is 164. The molecule has 15 nitrogen and oxygen atoms in total. The number of benzene rings is 6. The number of amides is 4. The summed E-state index contributed by atoms with van der Waals surface area (Å²) >= 11 is 0. The van der Waals surface area contributed by atoms with Gasteiger partial charge in [-0.3, -0.25) is 19.2 Å². The molecule has 0 atom stereocenters. The second-order valence-corrected chi connectivity index (χ2v) is 17.6. The Morgan fingerprint density at radius 1 is 0.265 bits per heavy atom. The van der Waals surface area contributed by atoms with Crippen LogP contribution in [0.25, 0.3) is 0 Å². The van der Waals surface area contributed by atoms with Crippen LogP contribution in [0.1, 0.15) is 238 Å². The van der Waals surface area contributed by atoms with Gasteiger partial charge < -0.3 is 57.0 Å². The topological polar surface area (TPSA) is 258 Å². The van der Waals surface area contributed by atoms with E-state index in [4.69, 9.17) is 35.7 Å². The van der Waals surface area contributed by atoms with Crippen molar-refractivity contribution in [1.29, 1.82) is 0 Å². The number of likely N-dealkylation sites (N-methyl/N-ethyl adjacent to an activating group) is 3. The fourth-order valence-electron chi connectivity index (χ4n) is 4.87. The average molecular weight is 1430 g/mol. The van der Waals surface area contributed by atoms with Gasteiger partial charge >= 0.3 is 1.43 Å². The minimum atomic E-state index is -0.359. The number of phenolic OH excluding ortho intramolecular Hbond substituents is 6. The molecule has 11 N–H and O–H groups in total. The summed E-state index contributed by atoms with van der Waals surface area (Å²) in [5.41, 5.74) is 0. The van der Waals surface area contributed by atoms with Crippen LogP contribution in [0.3, 0.4) is 0 Å². The molecule has 4 amide bonds. The van der Waals surface area contributed by atoms with Crippen LogP contribution in [-0.4, -0.2) is 85.7 Å². The zero-order valence-corrected chi connectivity index (χ0v) is 68.5. The van der Waals surface area contributed by atoms with E-state index in [1.54, 1.807) is 146 Å². The van der Waals surface area contributed by atoms with Gasteiger partial charge in [-0.25, -0.2) is 0 Å². The minimum Gasteiger partial charge on any atom is -0.508 e. The smallest absolute Gasteiger partial charge is 0.508 e. The third-order valence-corrected chi connectivity index (χ3v) is 9.41. The molecule has 0 aliphatic carbocycles. The maximum atomic E-state index is 10.2. The maximum absolute atomic E-state index is 10.2. The average Bonchev–Trinajstić information content (AvgIpc) is 1.45. The summed E-state index contributed by atoms with van der Waals surface area (Å²) in [6, 6.07) is 52.3. The van der Waals surface area contributed by atoms with Crippen LogP contribution < -0.4 is 21.3 Å². The van der Waals surface area contributed by atoms with Gasteiger partial charge in [-0.2, -0.15) is 0 Å². The zero-order chi connectivity index (χ0) is 82.0. The van der Waals surface area contributed by atoms with E-state index in [2.05, 4.69) is 103 Å². The molecule has 6 aromatic carbocycles. The van der Waals surface area contributed by atoms with Crippen LogP contribution in [-0.2, 0) is 19.2 Å². The van der Waals surface area contributed by atoms with Crippen molar-refractivity contribution < 1.29 is 56.4 Å². The molecule has 0 spiro atoms. The fourth-order valence-corrected chi connectivity index (χ4v) is 4.87. The van der Waals surface area contributed by atoms with Gasteiger partial charge in [0.15, 0.2) is 0 Å². The summed E-state index contributed by atoms with van der Waals surface area (Å²) < 4.78 is 0. The standard InChI is InChI=1S/6C6H6O.3C5H9NO.4C5H12.C4H7NO2.6C2H6/c6*7-6-4-2-1-3-5-6;3*1-3-5(7)6-4-2;4*1-3-5-4-2;1-2-4(7)5-3-6;6*1-2/h6*1-5,7H;3*3H,1,4H2,2H3,(H,6,7);4*3-5H2,1-2H3;2,6H,1,3H2,(H,5,7);6*1-2H3/p+1. The summed E-state index contributed by atoms with van der Waals surface area (Å²) in [6.07, 6.45) is 21.2. The predicted molar refractivity (Wildman–Crippen MR) is 451 cm³/mol. The number of rotatable bonds is 16. The molecule has 15 heteroatoms. The van der Waals surface area contributed by atoms with Gasteiger partial charge in [0, 0.05) is 19.6 Å². The zero-order valence-electron chi connectivity index (χ0n) is 69.5. The number of aliphatic hydroxyl groups excluding tert-OH is 1. The predicted octanol–water partition coefficient (Wildman–Crippen LogP) is 23.6. The molecule has 0 heterocycles. The molecule has 0 saturated carbocycles. The van der Waals surface area contributed by atoms with Gasteiger partial charge in [-0.05, 0) is 118 Å². The number of hydrogen-bond donors (Lipinski definition) is 11. The van der Waals surface area contributed by atoms with Crippen molar-refractivity contribution >= 4 is 23.6 Å². The molecule has 0 aliphatic heterocycles. The molecule has 0 saturated heterocycles. The first kappa shape index (κ1) is 126. The second kappa shape index (κ2) is 135. The molecule has 0 aliphatic rings.